The smallest absolute Gasteiger partial charge is 0.123 e. The average Bonchev–Trinajstić information content (AvgIpc) is 2.93. The molecule has 19 heavy (non-hydrogen) atoms. The highest BCUT2D eigenvalue weighted by molar-refractivity contribution is 9.10. The van der Waals surface area contributed by atoms with E-state index in [9.17, 15) is 5.11 Å². The van der Waals surface area contributed by atoms with Gasteiger partial charge < -0.3 is 9.84 Å². The molecule has 1 aliphatic heterocycles. The second kappa shape index (κ2) is 6.73. The minimum Gasteiger partial charge on any atom is -0.496 e. The summed E-state index contributed by atoms with van der Waals surface area (Å²) in [5.74, 6) is 1.10. The zero-order valence-corrected chi connectivity index (χ0v) is 13.2. The number of hydrogen-bond acceptors (Lipinski definition) is 3. The van der Waals surface area contributed by atoms with Gasteiger partial charge in [-0.15, -0.1) is 0 Å². The highest BCUT2D eigenvalue weighted by Gasteiger charge is 2.30. The van der Waals surface area contributed by atoms with E-state index >= 15 is 0 Å². The third-order valence-electron chi connectivity index (χ3n) is 3.87. The van der Waals surface area contributed by atoms with Gasteiger partial charge in [-0.1, -0.05) is 22.9 Å². The maximum absolute atomic E-state index is 9.58. The van der Waals surface area contributed by atoms with E-state index in [1.807, 2.05) is 12.1 Å². The molecule has 2 rings (SSSR count). The van der Waals surface area contributed by atoms with Crippen LogP contribution < -0.4 is 4.74 Å². The Kier molecular flexibility index (Phi) is 5.25. The van der Waals surface area contributed by atoms with Gasteiger partial charge in [0.1, 0.15) is 5.75 Å². The number of likely N-dealkylation sites (tertiary alicyclic amines) is 1. The molecule has 106 valence electrons. The van der Waals surface area contributed by atoms with Crippen LogP contribution in [0.3, 0.4) is 0 Å². The topological polar surface area (TPSA) is 32.7 Å². The molecule has 1 saturated heterocycles. The minimum absolute atomic E-state index is 0.191. The Bertz CT molecular complexity index is 419. The summed E-state index contributed by atoms with van der Waals surface area (Å²) in [6, 6.07) is 6.33. The van der Waals surface area contributed by atoms with Crippen molar-refractivity contribution in [2.75, 3.05) is 26.8 Å². The standard InChI is InChI=1S/C15H22BrNO2/c1-11(10-18)15(17-7-3-4-8-17)13-9-12(16)5-6-14(13)19-2/h5-6,9,11,15,18H,3-4,7-8,10H2,1-2H3. The Morgan fingerprint density at radius 2 is 2.05 bits per heavy atom. The lowest BCUT2D eigenvalue weighted by molar-refractivity contribution is 0.124. The molecule has 1 N–H and O–H groups in total. The summed E-state index contributed by atoms with van der Waals surface area (Å²) in [5, 5.41) is 9.58. The van der Waals surface area contributed by atoms with E-state index in [0.29, 0.717) is 0 Å². The number of aliphatic hydroxyl groups excluding tert-OH is 1. The van der Waals surface area contributed by atoms with Crippen LogP contribution in [0.2, 0.25) is 0 Å². The first-order valence-electron chi connectivity index (χ1n) is 6.85. The molecular formula is C15H22BrNO2. The number of benzene rings is 1. The number of rotatable bonds is 5. The van der Waals surface area contributed by atoms with Crippen molar-refractivity contribution in [2.24, 2.45) is 5.92 Å². The summed E-state index contributed by atoms with van der Waals surface area (Å²) >= 11 is 3.54. The van der Waals surface area contributed by atoms with Crippen LogP contribution in [0.25, 0.3) is 0 Å². The number of methoxy groups -OCH3 is 1. The zero-order valence-electron chi connectivity index (χ0n) is 11.6. The molecule has 0 spiro atoms. The van der Waals surface area contributed by atoms with Gasteiger partial charge in [0.25, 0.3) is 0 Å². The average molecular weight is 328 g/mol. The van der Waals surface area contributed by atoms with Gasteiger partial charge in [0.2, 0.25) is 0 Å². The van der Waals surface area contributed by atoms with Crippen molar-refractivity contribution in [1.82, 2.24) is 4.90 Å². The van der Waals surface area contributed by atoms with E-state index in [1.54, 1.807) is 7.11 Å². The fourth-order valence-electron chi connectivity index (χ4n) is 2.92. The van der Waals surface area contributed by atoms with Crippen LogP contribution in [0.4, 0.5) is 0 Å². The van der Waals surface area contributed by atoms with Crippen LogP contribution in [-0.4, -0.2) is 36.8 Å². The Morgan fingerprint density at radius 3 is 2.63 bits per heavy atom. The van der Waals surface area contributed by atoms with Crippen molar-refractivity contribution < 1.29 is 9.84 Å². The highest BCUT2D eigenvalue weighted by atomic mass is 79.9. The lowest BCUT2D eigenvalue weighted by Crippen LogP contribution is -2.32. The Hall–Kier alpha value is -0.580. The molecule has 1 aromatic carbocycles. The van der Waals surface area contributed by atoms with E-state index in [-0.39, 0.29) is 18.6 Å². The first kappa shape index (κ1) is 14.8. The second-order valence-corrected chi connectivity index (χ2v) is 6.15. The van der Waals surface area contributed by atoms with Crippen LogP contribution in [0.5, 0.6) is 5.75 Å². The summed E-state index contributed by atoms with van der Waals surface area (Å²) in [7, 11) is 1.71. The van der Waals surface area contributed by atoms with Gasteiger partial charge in [-0.25, -0.2) is 0 Å². The predicted molar refractivity (Wildman–Crippen MR) is 80.5 cm³/mol. The van der Waals surface area contributed by atoms with Crippen molar-refractivity contribution in [1.29, 1.82) is 0 Å². The maximum Gasteiger partial charge on any atom is 0.123 e. The van der Waals surface area contributed by atoms with E-state index < -0.39 is 0 Å². The molecular weight excluding hydrogens is 306 g/mol. The van der Waals surface area contributed by atoms with Crippen LogP contribution in [0, 0.1) is 5.92 Å². The molecule has 4 heteroatoms. The Morgan fingerprint density at radius 1 is 1.37 bits per heavy atom. The fourth-order valence-corrected chi connectivity index (χ4v) is 3.30. The van der Waals surface area contributed by atoms with E-state index in [2.05, 4.69) is 33.8 Å². The van der Waals surface area contributed by atoms with Crippen LogP contribution in [-0.2, 0) is 0 Å². The summed E-state index contributed by atoms with van der Waals surface area (Å²) in [5.41, 5.74) is 1.17. The van der Waals surface area contributed by atoms with Crippen LogP contribution in [0.15, 0.2) is 22.7 Å². The molecule has 0 aromatic heterocycles. The number of hydrogen-bond donors (Lipinski definition) is 1. The van der Waals surface area contributed by atoms with E-state index in [1.165, 1.54) is 18.4 Å². The number of nitrogens with zero attached hydrogens (tertiary/aromatic N) is 1. The third kappa shape index (κ3) is 3.30. The van der Waals surface area contributed by atoms with Gasteiger partial charge in [-0.3, -0.25) is 4.90 Å². The molecule has 1 fully saturated rings. The molecule has 0 aliphatic carbocycles. The van der Waals surface area contributed by atoms with Crippen molar-refractivity contribution in [3.05, 3.63) is 28.2 Å². The molecule has 0 amide bonds. The van der Waals surface area contributed by atoms with Crippen molar-refractivity contribution >= 4 is 15.9 Å². The zero-order chi connectivity index (χ0) is 13.8. The molecule has 0 radical (unpaired) electrons. The number of aliphatic hydroxyl groups is 1. The molecule has 2 atom stereocenters. The van der Waals surface area contributed by atoms with Crippen molar-refractivity contribution in [3.8, 4) is 5.75 Å². The SMILES string of the molecule is COc1ccc(Br)cc1C(C(C)CO)N1CCCC1. The molecule has 1 aliphatic rings. The lowest BCUT2D eigenvalue weighted by atomic mass is 9.93. The van der Waals surface area contributed by atoms with Gasteiger partial charge in [-0.2, -0.15) is 0 Å². The first-order valence-corrected chi connectivity index (χ1v) is 7.65. The fraction of sp³-hybridized carbons (Fsp3) is 0.600. The molecule has 0 bridgehead atoms. The molecule has 0 saturated carbocycles. The molecule has 1 aromatic rings. The van der Waals surface area contributed by atoms with E-state index in [0.717, 1.165) is 23.3 Å². The van der Waals surface area contributed by atoms with Gasteiger partial charge in [0.15, 0.2) is 0 Å². The molecule has 1 heterocycles. The Labute approximate surface area is 123 Å². The van der Waals surface area contributed by atoms with Gasteiger partial charge in [-0.05, 0) is 50.0 Å². The minimum atomic E-state index is 0.191. The normalized spacial score (nSPS) is 19.4. The van der Waals surface area contributed by atoms with Gasteiger partial charge in [0, 0.05) is 22.7 Å². The number of ether oxygens (including phenoxy) is 1. The quantitative estimate of drug-likeness (QED) is 0.901. The first-order chi connectivity index (χ1) is 9.17. The number of halogens is 1. The summed E-state index contributed by atoms with van der Waals surface area (Å²) in [6.07, 6.45) is 2.48. The molecule has 3 nitrogen and oxygen atoms in total. The van der Waals surface area contributed by atoms with Gasteiger partial charge >= 0.3 is 0 Å². The van der Waals surface area contributed by atoms with Crippen LogP contribution >= 0.6 is 15.9 Å². The third-order valence-corrected chi connectivity index (χ3v) is 4.36. The summed E-state index contributed by atoms with van der Waals surface area (Å²) in [6.45, 7) is 4.50. The second-order valence-electron chi connectivity index (χ2n) is 5.23. The monoisotopic (exact) mass is 327 g/mol. The molecule has 2 unspecified atom stereocenters. The van der Waals surface area contributed by atoms with Crippen molar-refractivity contribution in [2.45, 2.75) is 25.8 Å². The maximum atomic E-state index is 9.58. The lowest BCUT2D eigenvalue weighted by Gasteiger charge is -2.33. The largest absolute Gasteiger partial charge is 0.496 e. The predicted octanol–water partition coefficient (Wildman–Crippen LogP) is 3.22. The van der Waals surface area contributed by atoms with Crippen LogP contribution in [0.1, 0.15) is 31.4 Å². The summed E-state index contributed by atoms with van der Waals surface area (Å²) < 4.78 is 6.56. The summed E-state index contributed by atoms with van der Waals surface area (Å²) in [4.78, 5) is 2.46. The Balaban J connectivity index is 2.38. The highest BCUT2D eigenvalue weighted by Crippen LogP contribution is 2.38. The van der Waals surface area contributed by atoms with Crippen molar-refractivity contribution in [3.63, 3.8) is 0 Å². The van der Waals surface area contributed by atoms with Gasteiger partial charge in [0.05, 0.1) is 7.11 Å². The van der Waals surface area contributed by atoms with E-state index in [4.69, 9.17) is 4.74 Å².